The SMILES string of the molecule is CC1(C)c2ccccc2-c2ccc3c(oc4ccc(-c5cc(C#N)ccc5N5C/C=C\C=C/C(I)c6ccccc65)cc43)c21. The van der Waals surface area contributed by atoms with Gasteiger partial charge in [-0.25, -0.2) is 0 Å². The number of fused-ring (bicyclic) bond motifs is 8. The number of hydrogen-bond acceptors (Lipinski definition) is 3. The van der Waals surface area contributed by atoms with Gasteiger partial charge in [0.1, 0.15) is 11.2 Å². The minimum atomic E-state index is -0.160. The largest absolute Gasteiger partial charge is 0.456 e. The van der Waals surface area contributed by atoms with Crippen LogP contribution in [-0.2, 0) is 5.41 Å². The van der Waals surface area contributed by atoms with Crippen molar-refractivity contribution in [2.75, 3.05) is 11.4 Å². The van der Waals surface area contributed by atoms with Gasteiger partial charge in [0.2, 0.25) is 0 Å². The number of rotatable bonds is 2. The molecular weight excluding hydrogens is 651 g/mol. The van der Waals surface area contributed by atoms with Gasteiger partial charge < -0.3 is 9.32 Å². The van der Waals surface area contributed by atoms with Gasteiger partial charge in [-0.15, -0.1) is 0 Å². The van der Waals surface area contributed by atoms with E-state index in [4.69, 9.17) is 4.42 Å². The first-order valence-corrected chi connectivity index (χ1v) is 16.2. The molecule has 0 amide bonds. The number of hydrogen-bond donors (Lipinski definition) is 0. The molecule has 0 saturated heterocycles. The second-order valence-electron chi connectivity index (χ2n) is 12.1. The van der Waals surface area contributed by atoms with Crippen LogP contribution in [-0.4, -0.2) is 6.54 Å². The van der Waals surface area contributed by atoms with Gasteiger partial charge in [0.25, 0.3) is 0 Å². The second kappa shape index (κ2) is 10.2. The highest BCUT2D eigenvalue weighted by Gasteiger charge is 2.38. The van der Waals surface area contributed by atoms with Gasteiger partial charge in [-0.3, -0.25) is 0 Å². The molecule has 1 unspecified atom stereocenters. The van der Waals surface area contributed by atoms with Gasteiger partial charge in [-0.1, -0.05) is 115 Å². The van der Waals surface area contributed by atoms with Crippen molar-refractivity contribution in [3.8, 4) is 28.3 Å². The maximum atomic E-state index is 9.92. The molecule has 8 rings (SSSR count). The number of benzene rings is 5. The van der Waals surface area contributed by atoms with E-state index in [9.17, 15) is 5.26 Å². The Kier molecular flexibility index (Phi) is 6.28. The first-order valence-electron chi connectivity index (χ1n) is 14.9. The lowest BCUT2D eigenvalue weighted by Crippen LogP contribution is -2.19. The first-order chi connectivity index (χ1) is 21.5. The number of nitriles is 1. The molecule has 1 aromatic heterocycles. The number of anilines is 2. The lowest BCUT2D eigenvalue weighted by molar-refractivity contribution is 0.620. The molecule has 2 heterocycles. The monoisotopic (exact) mass is 680 g/mol. The molecule has 0 N–H and O–H groups in total. The van der Waals surface area contributed by atoms with E-state index in [1.807, 2.05) is 12.1 Å². The van der Waals surface area contributed by atoms with Gasteiger partial charge in [0.05, 0.1) is 15.6 Å². The maximum Gasteiger partial charge on any atom is 0.140 e. The average Bonchev–Trinajstić information content (AvgIpc) is 3.56. The quantitative estimate of drug-likeness (QED) is 0.135. The molecule has 0 spiro atoms. The normalized spacial score (nSPS) is 18.0. The lowest BCUT2D eigenvalue weighted by Gasteiger charge is -2.29. The van der Waals surface area contributed by atoms with Gasteiger partial charge in [-0.05, 0) is 70.3 Å². The fourth-order valence-electron chi connectivity index (χ4n) is 7.13. The summed E-state index contributed by atoms with van der Waals surface area (Å²) in [5.74, 6) is 0. The molecule has 6 aromatic rings. The smallest absolute Gasteiger partial charge is 0.140 e. The van der Waals surface area contributed by atoms with E-state index >= 15 is 0 Å². The number of nitrogens with zero attached hydrogens (tertiary/aromatic N) is 2. The van der Waals surface area contributed by atoms with Crippen LogP contribution in [0.15, 0.2) is 126 Å². The summed E-state index contributed by atoms with van der Waals surface area (Å²) in [4.78, 5) is 2.37. The van der Waals surface area contributed by atoms with Crippen LogP contribution in [0.1, 0.15) is 40.0 Å². The summed E-state index contributed by atoms with van der Waals surface area (Å²) in [6.07, 6.45) is 8.67. The van der Waals surface area contributed by atoms with Crippen molar-refractivity contribution in [2.45, 2.75) is 23.2 Å². The molecule has 1 aliphatic heterocycles. The van der Waals surface area contributed by atoms with Crippen molar-refractivity contribution >= 4 is 55.9 Å². The molecule has 0 saturated carbocycles. The zero-order valence-corrected chi connectivity index (χ0v) is 26.7. The molecule has 2 aliphatic rings. The van der Waals surface area contributed by atoms with Gasteiger partial charge in [-0.2, -0.15) is 5.26 Å². The Morgan fingerprint density at radius 1 is 0.818 bits per heavy atom. The number of halogens is 1. The molecule has 0 radical (unpaired) electrons. The van der Waals surface area contributed by atoms with E-state index in [0.717, 1.165) is 38.8 Å². The molecule has 0 bridgehead atoms. The fraction of sp³-hybridized carbons (Fsp3) is 0.125. The summed E-state index contributed by atoms with van der Waals surface area (Å²) in [7, 11) is 0. The zero-order chi connectivity index (χ0) is 30.0. The van der Waals surface area contributed by atoms with Crippen molar-refractivity contribution < 1.29 is 4.42 Å². The standard InChI is InChI=1S/C40H29IN2O/c1-40(2)33-12-7-5-10-27(33)28-17-18-29-32-23-26(16-20-37(32)44-39(29)38(28)40)31-22-25(24-42)15-19-36(31)43-21-9-3-4-13-34(41)30-11-6-8-14-35(30)43/h3-20,22-23,34H,21H2,1-2H3/b9-3-,13-4-. The maximum absolute atomic E-state index is 9.92. The van der Waals surface area contributed by atoms with Crippen LogP contribution in [0.3, 0.4) is 0 Å². The van der Waals surface area contributed by atoms with E-state index in [-0.39, 0.29) is 9.34 Å². The zero-order valence-electron chi connectivity index (χ0n) is 24.5. The third-order valence-corrected chi connectivity index (χ3v) is 10.3. The Morgan fingerprint density at radius 2 is 1.66 bits per heavy atom. The average molecular weight is 681 g/mol. The molecule has 4 heteroatoms. The van der Waals surface area contributed by atoms with Gasteiger partial charge in [0, 0.05) is 45.2 Å². The van der Waals surface area contributed by atoms with Crippen LogP contribution in [0.25, 0.3) is 44.2 Å². The van der Waals surface area contributed by atoms with Crippen LogP contribution in [0.5, 0.6) is 0 Å². The minimum absolute atomic E-state index is 0.160. The summed E-state index contributed by atoms with van der Waals surface area (Å²) in [6, 6.07) is 36.7. The summed E-state index contributed by atoms with van der Waals surface area (Å²) in [6.45, 7) is 5.30. The highest BCUT2D eigenvalue weighted by atomic mass is 127. The summed E-state index contributed by atoms with van der Waals surface area (Å²) in [5.41, 5.74) is 13.0. The van der Waals surface area contributed by atoms with Crippen LogP contribution in [0.4, 0.5) is 11.4 Å². The molecule has 5 aromatic carbocycles. The summed E-state index contributed by atoms with van der Waals surface area (Å²) >= 11 is 2.50. The van der Waals surface area contributed by atoms with E-state index in [1.54, 1.807) is 0 Å². The minimum Gasteiger partial charge on any atom is -0.456 e. The molecule has 44 heavy (non-hydrogen) atoms. The third kappa shape index (κ3) is 4.07. The van der Waals surface area contributed by atoms with Gasteiger partial charge in [0.15, 0.2) is 0 Å². The number of para-hydroxylation sites is 1. The highest BCUT2D eigenvalue weighted by Crippen LogP contribution is 2.52. The van der Waals surface area contributed by atoms with Crippen molar-refractivity contribution in [3.05, 3.63) is 144 Å². The van der Waals surface area contributed by atoms with E-state index < -0.39 is 0 Å². The van der Waals surface area contributed by atoms with Crippen LogP contribution < -0.4 is 4.90 Å². The van der Waals surface area contributed by atoms with Crippen molar-refractivity contribution in [1.29, 1.82) is 5.26 Å². The van der Waals surface area contributed by atoms with E-state index in [2.05, 4.69) is 157 Å². The second-order valence-corrected chi connectivity index (χ2v) is 13.4. The topological polar surface area (TPSA) is 40.2 Å². The van der Waals surface area contributed by atoms with Crippen molar-refractivity contribution in [1.82, 2.24) is 0 Å². The molecule has 212 valence electrons. The van der Waals surface area contributed by atoms with Crippen molar-refractivity contribution in [2.24, 2.45) is 0 Å². The predicted molar refractivity (Wildman–Crippen MR) is 190 cm³/mol. The number of alkyl halides is 1. The molecule has 3 nitrogen and oxygen atoms in total. The van der Waals surface area contributed by atoms with Gasteiger partial charge >= 0.3 is 0 Å². The Hall–Kier alpha value is -4.60. The Morgan fingerprint density at radius 3 is 2.55 bits per heavy atom. The van der Waals surface area contributed by atoms with Crippen LogP contribution >= 0.6 is 22.6 Å². The molecule has 1 atom stereocenters. The van der Waals surface area contributed by atoms with E-state index in [1.165, 1.54) is 33.5 Å². The van der Waals surface area contributed by atoms with Crippen LogP contribution in [0, 0.1) is 11.3 Å². The van der Waals surface area contributed by atoms with Crippen molar-refractivity contribution in [3.63, 3.8) is 0 Å². The molecule has 1 aliphatic carbocycles. The number of furan rings is 1. The fourth-order valence-corrected chi connectivity index (χ4v) is 7.89. The Balaban J connectivity index is 1.33. The number of allylic oxidation sites excluding steroid dienone is 3. The Bertz CT molecular complexity index is 2230. The molecular formula is C40H29IN2O. The van der Waals surface area contributed by atoms with Crippen LogP contribution in [0.2, 0.25) is 0 Å². The predicted octanol–water partition coefficient (Wildman–Crippen LogP) is 11.2. The third-order valence-electron chi connectivity index (χ3n) is 9.22. The highest BCUT2D eigenvalue weighted by molar-refractivity contribution is 14.1. The summed E-state index contributed by atoms with van der Waals surface area (Å²) in [5, 5.41) is 12.1. The Labute approximate surface area is 270 Å². The first kappa shape index (κ1) is 27.0. The summed E-state index contributed by atoms with van der Waals surface area (Å²) < 4.78 is 6.91. The van der Waals surface area contributed by atoms with E-state index in [0.29, 0.717) is 12.1 Å². The lowest BCUT2D eigenvalue weighted by atomic mass is 9.82. The molecule has 0 fully saturated rings.